The SMILES string of the molecule is CCCCCCCCCCCCCCCCCC(=O)[O-].CCCCCCCCCCCCCCCCCC(=O)[O-].CCCCCCCCCCCCCCCCCC(=O)[O-].[Ca+2].[Zn+2]. The molecule has 0 aliphatic heterocycles. The molecule has 62 heavy (non-hydrogen) atoms. The molecule has 0 saturated heterocycles. The Bertz CT molecular complexity index is 724. The maximum Gasteiger partial charge on any atom is 2.00 e. The second-order valence-electron chi connectivity index (χ2n) is 18.2. The van der Waals surface area contributed by atoms with Gasteiger partial charge in [-0.25, -0.2) is 0 Å². The molecular formula is C54H105CaO6Zn+. The van der Waals surface area contributed by atoms with Crippen molar-refractivity contribution in [3.8, 4) is 0 Å². The van der Waals surface area contributed by atoms with Crippen LogP contribution in [0.5, 0.6) is 0 Å². The molecule has 0 aromatic carbocycles. The molecule has 0 N–H and O–H groups in total. The fraction of sp³-hybridized carbons (Fsp3) is 0.944. The van der Waals surface area contributed by atoms with Crippen molar-refractivity contribution in [2.24, 2.45) is 0 Å². The fourth-order valence-electron chi connectivity index (χ4n) is 7.92. The van der Waals surface area contributed by atoms with Gasteiger partial charge < -0.3 is 29.7 Å². The molecule has 0 radical (unpaired) electrons. The van der Waals surface area contributed by atoms with Gasteiger partial charge >= 0.3 is 57.2 Å². The number of aliphatic carboxylic acids is 3. The third-order valence-corrected chi connectivity index (χ3v) is 12.0. The fourth-order valence-corrected chi connectivity index (χ4v) is 7.92. The van der Waals surface area contributed by atoms with E-state index in [1.807, 2.05) is 0 Å². The van der Waals surface area contributed by atoms with Gasteiger partial charge in [-0.1, -0.05) is 290 Å². The van der Waals surface area contributed by atoms with E-state index in [0.717, 1.165) is 38.5 Å². The Morgan fingerprint density at radius 3 is 0.419 bits per heavy atom. The van der Waals surface area contributed by atoms with Gasteiger partial charge in [0, 0.05) is 17.9 Å². The minimum atomic E-state index is -0.903. The van der Waals surface area contributed by atoms with Crippen molar-refractivity contribution in [1.82, 2.24) is 0 Å². The van der Waals surface area contributed by atoms with Crippen molar-refractivity contribution in [2.75, 3.05) is 0 Å². The van der Waals surface area contributed by atoms with Gasteiger partial charge in [-0.2, -0.15) is 0 Å². The summed E-state index contributed by atoms with van der Waals surface area (Å²) in [4.78, 5) is 30.7. The Hall–Kier alpha value is 0.293. The maximum atomic E-state index is 10.2. The first-order chi connectivity index (χ1) is 29.3. The van der Waals surface area contributed by atoms with E-state index < -0.39 is 17.9 Å². The first-order valence-corrected chi connectivity index (χ1v) is 26.9. The van der Waals surface area contributed by atoms with Crippen LogP contribution in [0.25, 0.3) is 0 Å². The maximum absolute atomic E-state index is 10.2. The predicted molar refractivity (Wildman–Crippen MR) is 259 cm³/mol. The topological polar surface area (TPSA) is 120 Å². The van der Waals surface area contributed by atoms with Crippen molar-refractivity contribution < 1.29 is 49.2 Å². The Kier molecular flexibility index (Phi) is 78.1. The van der Waals surface area contributed by atoms with Crippen LogP contribution < -0.4 is 15.3 Å². The third kappa shape index (κ3) is 80.6. The van der Waals surface area contributed by atoms with Gasteiger partial charge in [0.1, 0.15) is 0 Å². The average molecular weight is 956 g/mol. The molecule has 0 rings (SSSR count). The Morgan fingerprint density at radius 2 is 0.323 bits per heavy atom. The van der Waals surface area contributed by atoms with Crippen LogP contribution in [0.15, 0.2) is 0 Å². The van der Waals surface area contributed by atoms with Gasteiger partial charge in [0.2, 0.25) is 0 Å². The van der Waals surface area contributed by atoms with Crippen molar-refractivity contribution >= 4 is 55.6 Å². The van der Waals surface area contributed by atoms with Crippen LogP contribution in [0.1, 0.15) is 329 Å². The van der Waals surface area contributed by atoms with Gasteiger partial charge in [0.05, 0.1) is 0 Å². The summed E-state index contributed by atoms with van der Waals surface area (Å²) in [6, 6.07) is 0. The molecule has 0 fully saturated rings. The predicted octanol–water partition coefficient (Wildman–Crippen LogP) is 14.6. The Labute approximate surface area is 430 Å². The van der Waals surface area contributed by atoms with Gasteiger partial charge in [-0.3, -0.25) is 0 Å². The molecule has 360 valence electrons. The zero-order chi connectivity index (χ0) is 44.7. The first kappa shape index (κ1) is 71.3. The third-order valence-electron chi connectivity index (χ3n) is 12.0. The smallest absolute Gasteiger partial charge is 0.550 e. The number of rotatable bonds is 48. The van der Waals surface area contributed by atoms with Crippen molar-refractivity contribution in [2.45, 2.75) is 329 Å². The second-order valence-corrected chi connectivity index (χ2v) is 18.2. The van der Waals surface area contributed by atoms with E-state index >= 15 is 0 Å². The number of hydrogen-bond donors (Lipinski definition) is 0. The monoisotopic (exact) mass is 954 g/mol. The van der Waals surface area contributed by atoms with E-state index in [2.05, 4.69) is 20.8 Å². The van der Waals surface area contributed by atoms with E-state index in [-0.39, 0.29) is 76.5 Å². The zero-order valence-corrected chi connectivity index (χ0v) is 47.5. The molecule has 0 spiro atoms. The molecule has 0 amide bonds. The van der Waals surface area contributed by atoms with Gasteiger partial charge in [0.25, 0.3) is 0 Å². The Morgan fingerprint density at radius 1 is 0.226 bits per heavy atom. The molecule has 0 aromatic rings. The molecule has 0 aliphatic carbocycles. The van der Waals surface area contributed by atoms with Crippen LogP contribution in [0.3, 0.4) is 0 Å². The standard InChI is InChI=1S/3C18H36O2.Ca.Zn/c3*1-2-3-4-5-6-7-8-9-10-11-12-13-14-15-16-17-18(19)20;;/h3*2-17H2,1H3,(H,19,20);;/q;;;2*+2/p-3. The van der Waals surface area contributed by atoms with Crippen molar-refractivity contribution in [1.29, 1.82) is 0 Å². The quantitative estimate of drug-likeness (QED) is 0.0442. The average Bonchev–Trinajstić information content (AvgIpc) is 3.22. The van der Waals surface area contributed by atoms with E-state index in [1.165, 1.54) is 250 Å². The molecule has 6 nitrogen and oxygen atoms in total. The number of carboxylic acid groups (broad SMARTS) is 3. The largest absolute Gasteiger partial charge is 2.00 e. The van der Waals surface area contributed by atoms with Gasteiger partial charge in [0.15, 0.2) is 0 Å². The van der Waals surface area contributed by atoms with Crippen molar-refractivity contribution in [3.63, 3.8) is 0 Å². The van der Waals surface area contributed by atoms with Crippen LogP contribution >= 0.6 is 0 Å². The molecular weight excluding hydrogens is 850 g/mol. The van der Waals surface area contributed by atoms with E-state index in [9.17, 15) is 29.7 Å². The van der Waals surface area contributed by atoms with Crippen molar-refractivity contribution in [3.05, 3.63) is 0 Å². The summed E-state index contributed by atoms with van der Waals surface area (Å²) >= 11 is 0. The summed E-state index contributed by atoms with van der Waals surface area (Å²) in [6.07, 6.45) is 59.6. The van der Waals surface area contributed by atoms with Crippen LogP contribution in [-0.2, 0) is 33.9 Å². The summed E-state index contributed by atoms with van der Waals surface area (Å²) in [5.41, 5.74) is 0. The summed E-state index contributed by atoms with van der Waals surface area (Å²) in [6.45, 7) is 6.80. The molecule has 8 heteroatoms. The first-order valence-electron chi connectivity index (χ1n) is 26.9. The molecule has 0 aliphatic rings. The van der Waals surface area contributed by atoms with Crippen LogP contribution in [0.4, 0.5) is 0 Å². The normalized spacial score (nSPS) is 10.5. The number of hydrogen-bond acceptors (Lipinski definition) is 6. The number of carbonyl (C=O) groups is 3. The summed E-state index contributed by atoms with van der Waals surface area (Å²) in [5.74, 6) is -2.71. The second kappa shape index (κ2) is 67.9. The van der Waals surface area contributed by atoms with E-state index in [4.69, 9.17) is 0 Å². The number of carboxylic acids is 3. The summed E-state index contributed by atoms with van der Waals surface area (Å²) in [5, 5.41) is 30.7. The van der Waals surface area contributed by atoms with E-state index in [0.29, 0.717) is 0 Å². The van der Waals surface area contributed by atoms with Gasteiger partial charge in [-0.05, 0) is 38.5 Å². The number of carbonyl (C=O) groups excluding carboxylic acids is 3. The van der Waals surface area contributed by atoms with Crippen LogP contribution in [0.2, 0.25) is 0 Å². The van der Waals surface area contributed by atoms with Gasteiger partial charge in [-0.15, -0.1) is 0 Å². The molecule has 0 heterocycles. The molecule has 0 aromatic heterocycles. The summed E-state index contributed by atoms with van der Waals surface area (Å²) in [7, 11) is 0. The zero-order valence-electron chi connectivity index (χ0n) is 42.3. The Balaban J connectivity index is -0.000000258. The summed E-state index contributed by atoms with van der Waals surface area (Å²) < 4.78 is 0. The van der Waals surface area contributed by atoms with E-state index in [1.54, 1.807) is 0 Å². The molecule has 0 saturated carbocycles. The minimum absolute atomic E-state index is 0. The van der Waals surface area contributed by atoms with Crippen LogP contribution in [0, 0.1) is 0 Å². The molecule has 0 atom stereocenters. The molecule has 0 unspecified atom stereocenters. The molecule has 0 bridgehead atoms. The number of unbranched alkanes of at least 4 members (excludes halogenated alkanes) is 42. The van der Waals surface area contributed by atoms with Crippen LogP contribution in [-0.4, -0.2) is 55.6 Å². The minimum Gasteiger partial charge on any atom is -0.550 e.